The maximum absolute atomic E-state index is 12.7. The molecule has 1 aliphatic heterocycles. The van der Waals surface area contributed by atoms with Crippen molar-refractivity contribution < 1.29 is 17.9 Å². The zero-order valence-electron chi connectivity index (χ0n) is 16.7. The van der Waals surface area contributed by atoms with Crippen molar-refractivity contribution >= 4 is 15.7 Å². The van der Waals surface area contributed by atoms with Gasteiger partial charge in [0.25, 0.3) is 0 Å². The van der Waals surface area contributed by atoms with Crippen molar-refractivity contribution in [3.05, 3.63) is 71.8 Å². The highest BCUT2D eigenvalue weighted by molar-refractivity contribution is 7.90. The van der Waals surface area contributed by atoms with Crippen molar-refractivity contribution in [1.29, 1.82) is 0 Å². The molecule has 2 aromatic carbocycles. The van der Waals surface area contributed by atoms with Crippen molar-refractivity contribution in [1.82, 2.24) is 9.80 Å². The summed E-state index contributed by atoms with van der Waals surface area (Å²) in [5.41, 5.74) is 2.02. The van der Waals surface area contributed by atoms with Crippen molar-refractivity contribution in [2.45, 2.75) is 6.10 Å². The Hall–Kier alpha value is -2.22. The van der Waals surface area contributed by atoms with E-state index in [9.17, 15) is 13.2 Å². The van der Waals surface area contributed by atoms with Gasteiger partial charge in [0.15, 0.2) is 0 Å². The zero-order chi connectivity index (χ0) is 20.7. The number of benzene rings is 2. The smallest absolute Gasteiger partial charge is 0.248 e. The summed E-state index contributed by atoms with van der Waals surface area (Å²) in [5.74, 6) is 0.115. The van der Waals surface area contributed by atoms with Crippen LogP contribution in [0.5, 0.6) is 0 Å². The zero-order valence-corrected chi connectivity index (χ0v) is 17.6. The maximum atomic E-state index is 12.7. The normalized spacial score (nSPS) is 15.6. The van der Waals surface area contributed by atoms with Crippen molar-refractivity contribution in [3.63, 3.8) is 0 Å². The average molecular weight is 417 g/mol. The predicted molar refractivity (Wildman–Crippen MR) is 113 cm³/mol. The Bertz CT molecular complexity index is 840. The van der Waals surface area contributed by atoms with E-state index in [0.29, 0.717) is 32.7 Å². The fourth-order valence-electron chi connectivity index (χ4n) is 3.40. The van der Waals surface area contributed by atoms with Gasteiger partial charge in [-0.15, -0.1) is 0 Å². The van der Waals surface area contributed by atoms with E-state index in [1.165, 1.54) is 6.26 Å². The number of ether oxygens (including phenoxy) is 1. The van der Waals surface area contributed by atoms with Crippen molar-refractivity contribution in [3.8, 4) is 0 Å². The molecule has 7 heteroatoms. The van der Waals surface area contributed by atoms with Gasteiger partial charge >= 0.3 is 0 Å². The fraction of sp³-hybridized carbons (Fsp3) is 0.409. The Morgan fingerprint density at radius 3 is 1.93 bits per heavy atom. The lowest BCUT2D eigenvalue weighted by Gasteiger charge is -2.34. The third-order valence-corrected chi connectivity index (χ3v) is 6.01. The van der Waals surface area contributed by atoms with Gasteiger partial charge in [-0.3, -0.25) is 9.69 Å². The Morgan fingerprint density at radius 1 is 0.931 bits per heavy atom. The highest BCUT2D eigenvalue weighted by atomic mass is 32.2. The summed E-state index contributed by atoms with van der Waals surface area (Å²) in [7, 11) is -2.97. The minimum atomic E-state index is -2.97. The SMILES string of the molecule is CS(=O)(=O)CCN1CCN(C(=O)COC(c2ccccc2)c2ccccc2)CC1. The standard InChI is InChI=1S/C22H28N2O4S/c1-29(26,27)17-16-23-12-14-24(15-13-23)21(25)18-28-22(19-8-4-2-5-9-19)20-10-6-3-7-11-20/h2-11,22H,12-18H2,1H3. The number of carbonyl (C=O) groups excluding carboxylic acids is 1. The molecule has 1 fully saturated rings. The molecule has 3 rings (SSSR count). The van der Waals surface area contributed by atoms with E-state index in [0.717, 1.165) is 11.1 Å². The molecule has 0 unspecified atom stereocenters. The number of hydrogen-bond donors (Lipinski definition) is 0. The highest BCUT2D eigenvalue weighted by Crippen LogP contribution is 2.25. The van der Waals surface area contributed by atoms with Crippen LogP contribution in [0.15, 0.2) is 60.7 Å². The molecule has 0 aromatic heterocycles. The van der Waals surface area contributed by atoms with Gasteiger partial charge in [-0.2, -0.15) is 0 Å². The lowest BCUT2D eigenvalue weighted by atomic mass is 10.0. The average Bonchev–Trinajstić information content (AvgIpc) is 2.74. The fourth-order valence-corrected chi connectivity index (χ4v) is 3.99. The molecule has 2 aromatic rings. The van der Waals surface area contributed by atoms with E-state index in [1.54, 1.807) is 4.90 Å². The Labute approximate surface area is 173 Å². The van der Waals surface area contributed by atoms with Crippen LogP contribution in [0.1, 0.15) is 17.2 Å². The Balaban J connectivity index is 1.55. The summed E-state index contributed by atoms with van der Waals surface area (Å²) < 4.78 is 28.7. The van der Waals surface area contributed by atoms with Crippen LogP contribution in [-0.2, 0) is 19.4 Å². The van der Waals surface area contributed by atoms with Gasteiger partial charge in [-0.25, -0.2) is 8.42 Å². The molecule has 0 N–H and O–H groups in total. The van der Waals surface area contributed by atoms with E-state index >= 15 is 0 Å². The molecule has 0 atom stereocenters. The minimum absolute atomic E-state index is 0.0117. The lowest BCUT2D eigenvalue weighted by molar-refractivity contribution is -0.139. The van der Waals surface area contributed by atoms with E-state index in [4.69, 9.17) is 4.74 Å². The van der Waals surface area contributed by atoms with Crippen LogP contribution < -0.4 is 0 Å². The first-order valence-corrected chi connectivity index (χ1v) is 11.9. The van der Waals surface area contributed by atoms with E-state index in [-0.39, 0.29) is 24.4 Å². The Kier molecular flexibility index (Phi) is 7.41. The maximum Gasteiger partial charge on any atom is 0.248 e. The molecule has 156 valence electrons. The first-order chi connectivity index (χ1) is 13.9. The van der Waals surface area contributed by atoms with Gasteiger partial charge in [0.05, 0.1) is 5.75 Å². The molecule has 0 aliphatic carbocycles. The van der Waals surface area contributed by atoms with Crippen LogP contribution in [0.3, 0.4) is 0 Å². The highest BCUT2D eigenvalue weighted by Gasteiger charge is 2.23. The quantitative estimate of drug-likeness (QED) is 0.658. The number of hydrogen-bond acceptors (Lipinski definition) is 5. The molecule has 1 saturated heterocycles. The number of rotatable bonds is 8. The predicted octanol–water partition coefficient (Wildman–Crippen LogP) is 1.98. The van der Waals surface area contributed by atoms with Crippen LogP contribution in [0, 0.1) is 0 Å². The molecular formula is C22H28N2O4S. The van der Waals surface area contributed by atoms with Crippen LogP contribution in [-0.4, -0.2) is 75.5 Å². The van der Waals surface area contributed by atoms with E-state index < -0.39 is 9.84 Å². The summed E-state index contributed by atoms with van der Waals surface area (Å²) >= 11 is 0. The van der Waals surface area contributed by atoms with Crippen LogP contribution in [0.25, 0.3) is 0 Å². The first kappa shape index (κ1) is 21.5. The van der Waals surface area contributed by atoms with Gasteiger partial charge in [0.2, 0.25) is 5.91 Å². The molecule has 0 saturated carbocycles. The van der Waals surface area contributed by atoms with Crippen LogP contribution in [0.4, 0.5) is 0 Å². The molecule has 1 amide bonds. The number of amides is 1. The van der Waals surface area contributed by atoms with Gasteiger partial charge in [0, 0.05) is 39.0 Å². The monoisotopic (exact) mass is 416 g/mol. The third-order valence-electron chi connectivity index (χ3n) is 5.08. The van der Waals surface area contributed by atoms with Crippen molar-refractivity contribution in [2.75, 3.05) is 51.3 Å². The number of piperazine rings is 1. The summed E-state index contributed by atoms with van der Waals surface area (Å²) in [6.45, 7) is 3.07. The summed E-state index contributed by atoms with van der Waals surface area (Å²) in [4.78, 5) is 16.6. The number of nitrogens with zero attached hydrogens (tertiary/aromatic N) is 2. The summed E-state index contributed by atoms with van der Waals surface area (Å²) in [6, 6.07) is 19.8. The molecule has 6 nitrogen and oxygen atoms in total. The number of carbonyl (C=O) groups is 1. The topological polar surface area (TPSA) is 66.9 Å². The molecule has 0 spiro atoms. The molecule has 0 radical (unpaired) electrons. The van der Waals surface area contributed by atoms with E-state index in [2.05, 4.69) is 4.90 Å². The van der Waals surface area contributed by atoms with Gasteiger partial charge < -0.3 is 9.64 Å². The van der Waals surface area contributed by atoms with Gasteiger partial charge in [-0.05, 0) is 11.1 Å². The lowest BCUT2D eigenvalue weighted by Crippen LogP contribution is -2.50. The van der Waals surface area contributed by atoms with Crippen molar-refractivity contribution in [2.24, 2.45) is 0 Å². The Morgan fingerprint density at radius 2 is 1.45 bits per heavy atom. The number of sulfone groups is 1. The summed E-state index contributed by atoms with van der Waals surface area (Å²) in [5, 5.41) is 0. The minimum Gasteiger partial charge on any atom is -0.359 e. The summed E-state index contributed by atoms with van der Waals surface area (Å²) in [6.07, 6.45) is 0.956. The second-order valence-corrected chi connectivity index (χ2v) is 9.62. The molecular weight excluding hydrogens is 388 g/mol. The largest absolute Gasteiger partial charge is 0.359 e. The van der Waals surface area contributed by atoms with Crippen LogP contribution >= 0.6 is 0 Å². The molecule has 1 aliphatic rings. The van der Waals surface area contributed by atoms with Crippen LogP contribution in [0.2, 0.25) is 0 Å². The molecule has 0 bridgehead atoms. The third kappa shape index (κ3) is 6.66. The molecule has 29 heavy (non-hydrogen) atoms. The van der Waals surface area contributed by atoms with E-state index in [1.807, 2.05) is 60.7 Å². The first-order valence-electron chi connectivity index (χ1n) is 9.82. The van der Waals surface area contributed by atoms with Gasteiger partial charge in [0.1, 0.15) is 22.5 Å². The second kappa shape index (κ2) is 10.0. The van der Waals surface area contributed by atoms with Gasteiger partial charge in [-0.1, -0.05) is 60.7 Å². The molecule has 1 heterocycles. The second-order valence-electron chi connectivity index (χ2n) is 7.36.